The minimum Gasteiger partial charge on any atom is -0.460 e. The molecule has 1 N–H and O–H groups in total. The smallest absolute Gasteiger partial charge is 0.332 e. The van der Waals surface area contributed by atoms with Crippen molar-refractivity contribution in [3.63, 3.8) is 0 Å². The van der Waals surface area contributed by atoms with E-state index in [4.69, 9.17) is 10.3 Å². The van der Waals surface area contributed by atoms with Crippen molar-refractivity contribution in [1.82, 2.24) is 9.80 Å². The summed E-state index contributed by atoms with van der Waals surface area (Å²) < 4.78 is 4.91. The predicted octanol–water partition coefficient (Wildman–Crippen LogP) is 0.0822. The van der Waals surface area contributed by atoms with Crippen molar-refractivity contribution < 1.29 is 24.2 Å². The van der Waals surface area contributed by atoms with Gasteiger partial charge in [0.15, 0.2) is 6.04 Å². The monoisotopic (exact) mass is 341 g/mol. The Balaban J connectivity index is 5.08. The first kappa shape index (κ1) is 21.4. The summed E-state index contributed by atoms with van der Waals surface area (Å²) in [6, 6.07) is -1.26. The fourth-order valence-corrected chi connectivity index (χ4v) is 1.90. The van der Waals surface area contributed by atoms with Gasteiger partial charge < -0.3 is 19.6 Å². The van der Waals surface area contributed by atoms with Crippen molar-refractivity contribution in [3.05, 3.63) is 23.1 Å². The first-order valence-corrected chi connectivity index (χ1v) is 7.06. The molecule has 0 aromatic rings. The third-order valence-corrected chi connectivity index (χ3v) is 3.08. The van der Waals surface area contributed by atoms with Crippen molar-refractivity contribution >= 4 is 17.8 Å². The highest BCUT2D eigenvalue weighted by Gasteiger charge is 2.40. The van der Waals surface area contributed by atoms with Crippen LogP contribution in [0.1, 0.15) is 13.8 Å². The van der Waals surface area contributed by atoms with E-state index in [9.17, 15) is 19.5 Å². The van der Waals surface area contributed by atoms with Crippen molar-refractivity contribution in [3.8, 4) is 0 Å². The van der Waals surface area contributed by atoms with Crippen LogP contribution in [-0.4, -0.2) is 78.1 Å². The highest BCUT2D eigenvalue weighted by molar-refractivity contribution is 5.89. The van der Waals surface area contributed by atoms with Crippen LogP contribution in [0.25, 0.3) is 10.4 Å². The van der Waals surface area contributed by atoms with Crippen molar-refractivity contribution in [1.29, 1.82) is 0 Å². The van der Waals surface area contributed by atoms with Gasteiger partial charge in [0, 0.05) is 19.0 Å². The average molecular weight is 341 g/mol. The lowest BCUT2D eigenvalue weighted by Gasteiger charge is -2.35. The first-order valence-electron chi connectivity index (χ1n) is 7.06. The molecule has 0 aromatic heterocycles. The van der Waals surface area contributed by atoms with Gasteiger partial charge in [0.2, 0.25) is 11.8 Å². The largest absolute Gasteiger partial charge is 0.460 e. The quantitative estimate of drug-likeness (QED) is 0.208. The second-order valence-corrected chi connectivity index (χ2v) is 5.62. The minimum absolute atomic E-state index is 0.0575. The average Bonchev–Trinajstić information content (AvgIpc) is 2.48. The van der Waals surface area contributed by atoms with Crippen molar-refractivity contribution in [2.24, 2.45) is 5.11 Å². The standard InChI is InChI=1S/C14H23N5O5/c1-6-7-24-13(22)12(14(2,3)23)19(5)11(21)9-18(4)10(20)8-16-17-15/h6,12,23H,1,7-9H2,2-5H3/t12-/m1/s1. The number of nitrogens with zero attached hydrogens (tertiary/aromatic N) is 5. The van der Waals surface area contributed by atoms with Crippen LogP contribution < -0.4 is 0 Å². The SMILES string of the molecule is C=CCOC(=O)[C@@H](N(C)C(=O)CN(C)C(=O)CN=[N+]=[N-])C(C)(C)O. The maximum absolute atomic E-state index is 12.3. The van der Waals surface area contributed by atoms with Gasteiger partial charge >= 0.3 is 5.97 Å². The van der Waals surface area contributed by atoms with E-state index in [0.29, 0.717) is 0 Å². The number of rotatable bonds is 9. The van der Waals surface area contributed by atoms with Crippen LogP contribution in [0.4, 0.5) is 0 Å². The van der Waals surface area contributed by atoms with E-state index >= 15 is 0 Å². The van der Waals surface area contributed by atoms with E-state index in [-0.39, 0.29) is 13.2 Å². The molecule has 0 aromatic carbocycles. The molecule has 2 amide bonds. The number of carbonyl (C=O) groups is 3. The topological polar surface area (TPSA) is 136 Å². The molecule has 0 heterocycles. The minimum atomic E-state index is -1.56. The number of aliphatic hydroxyl groups is 1. The fourth-order valence-electron chi connectivity index (χ4n) is 1.90. The normalized spacial score (nSPS) is 11.7. The molecule has 0 aliphatic carbocycles. The summed E-state index contributed by atoms with van der Waals surface area (Å²) in [6.45, 7) is 5.33. The lowest BCUT2D eigenvalue weighted by molar-refractivity contribution is -0.163. The molecule has 0 rings (SSSR count). The molecule has 10 heteroatoms. The molecule has 0 spiro atoms. The number of hydrogen-bond acceptors (Lipinski definition) is 6. The van der Waals surface area contributed by atoms with E-state index in [1.165, 1.54) is 34.0 Å². The molecule has 24 heavy (non-hydrogen) atoms. The molecule has 0 aliphatic heterocycles. The summed E-state index contributed by atoms with van der Waals surface area (Å²) in [7, 11) is 2.68. The summed E-state index contributed by atoms with van der Waals surface area (Å²) >= 11 is 0. The molecule has 0 fully saturated rings. The molecule has 0 saturated heterocycles. The molecule has 0 saturated carbocycles. The Kier molecular flexibility index (Phi) is 8.51. The third kappa shape index (κ3) is 6.67. The maximum Gasteiger partial charge on any atom is 0.332 e. The van der Waals surface area contributed by atoms with Gasteiger partial charge in [-0.2, -0.15) is 0 Å². The Morgan fingerprint density at radius 2 is 1.96 bits per heavy atom. The Labute approximate surface area is 140 Å². The zero-order valence-electron chi connectivity index (χ0n) is 14.3. The number of hydrogen-bond donors (Lipinski definition) is 1. The molecule has 134 valence electrons. The summed E-state index contributed by atoms with van der Waals surface area (Å²) in [5, 5.41) is 13.3. The van der Waals surface area contributed by atoms with Crippen LogP contribution >= 0.6 is 0 Å². The number of esters is 1. The van der Waals surface area contributed by atoms with Crippen LogP contribution in [0, 0.1) is 0 Å². The molecule has 0 radical (unpaired) electrons. The Morgan fingerprint density at radius 1 is 1.38 bits per heavy atom. The summed E-state index contributed by atoms with van der Waals surface area (Å²) in [5.74, 6) is -1.93. The number of likely N-dealkylation sites (N-methyl/N-ethyl adjacent to an activating group) is 2. The second-order valence-electron chi connectivity index (χ2n) is 5.62. The fraction of sp³-hybridized carbons (Fsp3) is 0.643. The van der Waals surface area contributed by atoms with Gasteiger partial charge in [-0.3, -0.25) is 9.59 Å². The molecule has 0 unspecified atom stereocenters. The van der Waals surface area contributed by atoms with E-state index in [1.807, 2.05) is 0 Å². The first-order chi connectivity index (χ1) is 11.1. The number of ether oxygens (including phenoxy) is 1. The highest BCUT2D eigenvalue weighted by Crippen LogP contribution is 2.17. The number of azide groups is 1. The lowest BCUT2D eigenvalue weighted by atomic mass is 9.97. The van der Waals surface area contributed by atoms with Gasteiger partial charge in [0.05, 0.1) is 12.1 Å². The molecular formula is C14H23N5O5. The molecule has 0 bridgehead atoms. The van der Waals surface area contributed by atoms with E-state index in [1.54, 1.807) is 0 Å². The van der Waals surface area contributed by atoms with Crippen molar-refractivity contribution in [2.75, 3.05) is 33.8 Å². The maximum atomic E-state index is 12.3. The highest BCUT2D eigenvalue weighted by atomic mass is 16.5. The van der Waals surface area contributed by atoms with Gasteiger partial charge in [-0.15, -0.1) is 0 Å². The van der Waals surface area contributed by atoms with Crippen LogP contribution in [0.2, 0.25) is 0 Å². The number of carbonyl (C=O) groups excluding carboxylic acids is 3. The van der Waals surface area contributed by atoms with E-state index < -0.39 is 36.0 Å². The van der Waals surface area contributed by atoms with Crippen LogP contribution in [0.15, 0.2) is 17.8 Å². The Hall–Kier alpha value is -2.58. The summed E-state index contributed by atoms with van der Waals surface area (Å²) in [5.41, 5.74) is 6.63. The Morgan fingerprint density at radius 3 is 2.42 bits per heavy atom. The van der Waals surface area contributed by atoms with Gasteiger partial charge in [0.1, 0.15) is 13.2 Å². The van der Waals surface area contributed by atoms with E-state index in [2.05, 4.69) is 16.6 Å². The second kappa shape index (κ2) is 9.53. The van der Waals surface area contributed by atoms with Gasteiger partial charge in [-0.1, -0.05) is 17.8 Å². The molecule has 0 aliphatic rings. The third-order valence-electron chi connectivity index (χ3n) is 3.08. The van der Waals surface area contributed by atoms with Gasteiger partial charge in [-0.05, 0) is 19.4 Å². The summed E-state index contributed by atoms with van der Waals surface area (Å²) in [4.78, 5) is 40.6. The molecule has 10 nitrogen and oxygen atoms in total. The zero-order valence-corrected chi connectivity index (χ0v) is 14.3. The predicted molar refractivity (Wildman–Crippen MR) is 85.7 cm³/mol. The van der Waals surface area contributed by atoms with Crippen LogP contribution in [-0.2, 0) is 19.1 Å². The summed E-state index contributed by atoms with van der Waals surface area (Å²) in [6.07, 6.45) is 1.36. The van der Waals surface area contributed by atoms with E-state index in [0.717, 1.165) is 9.80 Å². The van der Waals surface area contributed by atoms with Gasteiger partial charge in [-0.25, -0.2) is 4.79 Å². The van der Waals surface area contributed by atoms with Crippen LogP contribution in [0.3, 0.4) is 0 Å². The van der Waals surface area contributed by atoms with Crippen molar-refractivity contribution in [2.45, 2.75) is 25.5 Å². The molecule has 1 atom stereocenters. The van der Waals surface area contributed by atoms with Crippen LogP contribution in [0.5, 0.6) is 0 Å². The zero-order chi connectivity index (χ0) is 18.9. The Bertz CT molecular complexity index is 536. The lowest BCUT2D eigenvalue weighted by Crippen LogP contribution is -2.57. The number of amides is 2. The molecular weight excluding hydrogens is 318 g/mol. The van der Waals surface area contributed by atoms with Gasteiger partial charge in [0.25, 0.3) is 0 Å².